The van der Waals surface area contributed by atoms with Crippen molar-refractivity contribution < 1.29 is 0 Å². The van der Waals surface area contributed by atoms with Crippen LogP contribution in [0.15, 0.2) is 120 Å². The highest BCUT2D eigenvalue weighted by atomic mass is 15.1. The molecule has 38 heavy (non-hydrogen) atoms. The van der Waals surface area contributed by atoms with Gasteiger partial charge in [-0.25, -0.2) is 10.1 Å². The summed E-state index contributed by atoms with van der Waals surface area (Å²) in [4.78, 5) is 5.73. The maximum atomic E-state index is 10.1. The van der Waals surface area contributed by atoms with Crippen molar-refractivity contribution in [1.82, 2.24) is 0 Å². The van der Waals surface area contributed by atoms with Crippen LogP contribution in [-0.2, 0) is 0 Å². The van der Waals surface area contributed by atoms with Crippen LogP contribution < -0.4 is 4.90 Å². The standard InChI is InChI=1S/C34H28N4/c1-3-4-13-22-38-29(23-31(26-14-7-5-8-15-26)30-18-11-12-19-33(30)38)21-20-28(24-35)34(32(25-36)37-2)27-16-9-6-10-17-27/h5-12,14-21,23H,3-4,13,22H2,1H3/b28-20?,29-21?,34-32-. The van der Waals surface area contributed by atoms with Crippen molar-refractivity contribution in [2.75, 3.05) is 11.4 Å². The summed E-state index contributed by atoms with van der Waals surface area (Å²) in [6.45, 7) is 10.6. The van der Waals surface area contributed by atoms with Gasteiger partial charge in [0.1, 0.15) is 0 Å². The van der Waals surface area contributed by atoms with Gasteiger partial charge in [0.15, 0.2) is 0 Å². The molecule has 0 N–H and O–H groups in total. The summed E-state index contributed by atoms with van der Waals surface area (Å²) in [5.41, 5.74) is 6.68. The second kappa shape index (κ2) is 12.7. The maximum Gasteiger partial charge on any atom is 0.270 e. The summed E-state index contributed by atoms with van der Waals surface area (Å²) in [6, 6.07) is 32.1. The van der Waals surface area contributed by atoms with Crippen LogP contribution in [-0.4, -0.2) is 6.54 Å². The molecule has 0 atom stereocenters. The highest BCUT2D eigenvalue weighted by molar-refractivity contribution is 5.92. The fraction of sp³-hybridized carbons (Fsp3) is 0.147. The van der Waals surface area contributed by atoms with Gasteiger partial charge in [0.25, 0.3) is 5.70 Å². The van der Waals surface area contributed by atoms with Gasteiger partial charge >= 0.3 is 0 Å². The molecule has 0 saturated heterocycles. The minimum absolute atomic E-state index is 0.100. The van der Waals surface area contributed by atoms with Crippen LogP contribution in [0.25, 0.3) is 16.0 Å². The van der Waals surface area contributed by atoms with Gasteiger partial charge in [0.2, 0.25) is 0 Å². The van der Waals surface area contributed by atoms with E-state index in [2.05, 4.69) is 65.2 Å². The lowest BCUT2D eigenvalue weighted by Gasteiger charge is -2.33. The molecule has 184 valence electrons. The van der Waals surface area contributed by atoms with Crippen molar-refractivity contribution >= 4 is 16.8 Å². The summed E-state index contributed by atoms with van der Waals surface area (Å²) in [6.07, 6.45) is 9.12. The van der Waals surface area contributed by atoms with E-state index in [-0.39, 0.29) is 11.3 Å². The highest BCUT2D eigenvalue weighted by Gasteiger charge is 2.23. The molecule has 0 spiro atoms. The minimum atomic E-state index is -0.100. The number of rotatable bonds is 8. The summed E-state index contributed by atoms with van der Waals surface area (Å²) in [7, 11) is 0. The molecule has 0 aliphatic carbocycles. The van der Waals surface area contributed by atoms with Gasteiger partial charge in [-0.2, -0.15) is 5.26 Å². The number of allylic oxidation sites excluding steroid dienone is 6. The molecule has 4 nitrogen and oxygen atoms in total. The molecular formula is C34H28N4. The minimum Gasteiger partial charge on any atom is -0.341 e. The second-order valence-corrected chi connectivity index (χ2v) is 8.90. The fourth-order valence-corrected chi connectivity index (χ4v) is 4.65. The van der Waals surface area contributed by atoms with Crippen molar-refractivity contribution in [3.05, 3.63) is 148 Å². The van der Waals surface area contributed by atoms with E-state index in [1.54, 1.807) is 6.08 Å². The first-order valence-electron chi connectivity index (χ1n) is 12.8. The molecule has 0 fully saturated rings. The van der Waals surface area contributed by atoms with Crippen molar-refractivity contribution in [3.8, 4) is 12.1 Å². The number of nitriles is 2. The molecule has 3 aromatic rings. The Kier molecular flexibility index (Phi) is 8.70. The Morgan fingerprint density at radius 2 is 1.58 bits per heavy atom. The Balaban J connectivity index is 1.90. The van der Waals surface area contributed by atoms with Gasteiger partial charge in [0.05, 0.1) is 24.3 Å². The Hall–Kier alpha value is -5.11. The number of fused-ring (bicyclic) bond motifs is 1. The lowest BCUT2D eigenvalue weighted by molar-refractivity contribution is 0.707. The van der Waals surface area contributed by atoms with E-state index >= 15 is 0 Å². The Morgan fingerprint density at radius 1 is 0.895 bits per heavy atom. The molecule has 3 aromatic carbocycles. The Labute approximate surface area is 225 Å². The first-order valence-corrected chi connectivity index (χ1v) is 12.8. The second-order valence-electron chi connectivity index (χ2n) is 8.90. The monoisotopic (exact) mass is 492 g/mol. The maximum absolute atomic E-state index is 10.1. The number of hydrogen-bond donors (Lipinski definition) is 0. The van der Waals surface area contributed by atoms with E-state index in [4.69, 9.17) is 6.57 Å². The summed E-state index contributed by atoms with van der Waals surface area (Å²) in [5.74, 6) is 0. The van der Waals surface area contributed by atoms with Gasteiger partial charge in [-0.3, -0.25) is 0 Å². The number of hydrogen-bond acceptors (Lipinski definition) is 3. The summed E-state index contributed by atoms with van der Waals surface area (Å²) >= 11 is 0. The van der Waals surface area contributed by atoms with E-state index in [1.165, 1.54) is 5.56 Å². The van der Waals surface area contributed by atoms with Gasteiger partial charge < -0.3 is 4.90 Å². The highest BCUT2D eigenvalue weighted by Crippen LogP contribution is 2.39. The fourth-order valence-electron chi connectivity index (χ4n) is 4.65. The lowest BCUT2D eigenvalue weighted by atomic mass is 9.91. The molecule has 0 unspecified atom stereocenters. The van der Waals surface area contributed by atoms with Crippen molar-refractivity contribution in [1.29, 1.82) is 10.5 Å². The number of anilines is 1. The van der Waals surface area contributed by atoms with Crippen LogP contribution in [0.5, 0.6) is 0 Å². The molecule has 1 aliphatic heterocycles. The predicted octanol–water partition coefficient (Wildman–Crippen LogP) is 8.32. The molecule has 0 aromatic heterocycles. The zero-order valence-electron chi connectivity index (χ0n) is 21.4. The molecule has 4 rings (SSSR count). The number of nitrogens with zero attached hydrogens (tertiary/aromatic N) is 4. The molecule has 0 saturated carbocycles. The van der Waals surface area contributed by atoms with Crippen molar-refractivity contribution in [3.63, 3.8) is 0 Å². The van der Waals surface area contributed by atoms with Crippen molar-refractivity contribution in [2.45, 2.75) is 26.2 Å². The normalized spacial score (nSPS) is 14.5. The number of benzene rings is 3. The van der Waals surface area contributed by atoms with E-state index in [1.807, 2.05) is 60.7 Å². The zero-order valence-corrected chi connectivity index (χ0v) is 21.4. The molecule has 4 heteroatoms. The predicted molar refractivity (Wildman–Crippen MR) is 154 cm³/mol. The van der Waals surface area contributed by atoms with Crippen LogP contribution in [0.2, 0.25) is 0 Å². The third-order valence-electron chi connectivity index (χ3n) is 6.49. The van der Waals surface area contributed by atoms with Crippen molar-refractivity contribution in [2.24, 2.45) is 0 Å². The third kappa shape index (κ3) is 5.65. The van der Waals surface area contributed by atoms with Gasteiger partial charge in [-0.1, -0.05) is 98.6 Å². The lowest BCUT2D eigenvalue weighted by Crippen LogP contribution is -2.26. The molecule has 0 radical (unpaired) electrons. The molecule has 0 bridgehead atoms. The third-order valence-corrected chi connectivity index (χ3v) is 6.49. The van der Waals surface area contributed by atoms with Crippen LogP contribution in [0.4, 0.5) is 5.69 Å². The number of unbranched alkanes of at least 4 members (excludes halogenated alkanes) is 2. The van der Waals surface area contributed by atoms with E-state index in [0.717, 1.165) is 48.3 Å². The largest absolute Gasteiger partial charge is 0.341 e. The Bertz CT molecular complexity index is 1520. The van der Waals surface area contributed by atoms with Gasteiger partial charge in [-0.15, -0.1) is 0 Å². The van der Waals surface area contributed by atoms with E-state index in [9.17, 15) is 10.5 Å². The number of para-hydroxylation sites is 1. The average Bonchev–Trinajstić information content (AvgIpc) is 2.98. The smallest absolute Gasteiger partial charge is 0.270 e. The molecule has 0 amide bonds. The van der Waals surface area contributed by atoms with Gasteiger partial charge in [-0.05, 0) is 47.4 Å². The quantitative estimate of drug-likeness (QED) is 0.137. The summed E-state index contributed by atoms with van der Waals surface area (Å²) in [5, 5.41) is 19.8. The summed E-state index contributed by atoms with van der Waals surface area (Å²) < 4.78 is 0. The van der Waals surface area contributed by atoms with E-state index in [0.29, 0.717) is 11.1 Å². The first kappa shape index (κ1) is 26.0. The Morgan fingerprint density at radius 3 is 2.24 bits per heavy atom. The zero-order chi connectivity index (χ0) is 26.7. The molecule has 1 aliphatic rings. The van der Waals surface area contributed by atoms with Crippen LogP contribution in [0.3, 0.4) is 0 Å². The average molecular weight is 493 g/mol. The van der Waals surface area contributed by atoms with Gasteiger partial charge in [0, 0.05) is 29.1 Å². The van der Waals surface area contributed by atoms with Crippen LogP contribution in [0, 0.1) is 29.2 Å². The first-order chi connectivity index (χ1) is 18.7. The molecule has 1 heterocycles. The topological polar surface area (TPSA) is 55.2 Å². The molecular weight excluding hydrogens is 464 g/mol. The van der Waals surface area contributed by atoms with Crippen LogP contribution >= 0.6 is 0 Å². The SMILES string of the molecule is [C-]#[N+]/C(C#N)=C(\C(C#N)=CC=C1C=C(c2ccccc2)c2ccccc2N1CCCCC)c1ccccc1. The van der Waals surface area contributed by atoms with E-state index < -0.39 is 0 Å². The van der Waals surface area contributed by atoms with Crippen LogP contribution in [0.1, 0.15) is 42.9 Å².